The van der Waals surface area contributed by atoms with Crippen molar-refractivity contribution in [1.82, 2.24) is 0 Å². The van der Waals surface area contributed by atoms with Crippen LogP contribution in [0, 0.1) is 5.82 Å². The Bertz CT molecular complexity index is 384. The molecule has 0 spiro atoms. The molecule has 2 unspecified atom stereocenters. The van der Waals surface area contributed by atoms with E-state index >= 15 is 0 Å². The molecule has 4 heteroatoms. The van der Waals surface area contributed by atoms with Crippen LogP contribution in [-0.2, 0) is 6.42 Å². The van der Waals surface area contributed by atoms with Crippen molar-refractivity contribution in [2.24, 2.45) is 0 Å². The third-order valence-electron chi connectivity index (χ3n) is 3.31. The van der Waals surface area contributed by atoms with E-state index in [0.29, 0.717) is 6.42 Å². The Balaban J connectivity index is 2.09. The number of aliphatic hydroxyl groups excluding tert-OH is 1. The maximum atomic E-state index is 13.2. The molecule has 1 aromatic rings. The van der Waals surface area contributed by atoms with Crippen molar-refractivity contribution in [3.8, 4) is 0 Å². The molecule has 0 radical (unpaired) electrons. The summed E-state index contributed by atoms with van der Waals surface area (Å²) in [5, 5.41) is 10.3. The number of benzene rings is 1. The van der Waals surface area contributed by atoms with Gasteiger partial charge in [-0.15, -0.1) is 0 Å². The van der Waals surface area contributed by atoms with Crippen molar-refractivity contribution in [3.05, 3.63) is 34.1 Å². The Kier molecular flexibility index (Phi) is 4.16. The van der Waals surface area contributed by atoms with Crippen LogP contribution in [0.25, 0.3) is 0 Å². The minimum Gasteiger partial charge on any atom is -0.391 e. The summed E-state index contributed by atoms with van der Waals surface area (Å²) in [6, 6.07) is 4.80. The quantitative estimate of drug-likeness (QED) is 0.915. The number of hydrogen-bond acceptors (Lipinski definition) is 2. The Morgan fingerprint density at radius 1 is 1.53 bits per heavy atom. The zero-order valence-electron chi connectivity index (χ0n) is 9.75. The fraction of sp³-hybridized carbons (Fsp3) is 0.538. The molecule has 2 atom stereocenters. The third kappa shape index (κ3) is 3.24. The smallest absolute Gasteiger partial charge is 0.124 e. The first-order valence-corrected chi connectivity index (χ1v) is 7.54. The molecule has 1 aliphatic rings. The molecule has 2 rings (SSSR count). The maximum Gasteiger partial charge on any atom is 0.124 e. The summed E-state index contributed by atoms with van der Waals surface area (Å²) in [5.74, 6) is 0.853. The van der Waals surface area contributed by atoms with E-state index in [0.717, 1.165) is 28.6 Å². The second-order valence-corrected chi connectivity index (χ2v) is 7.31. The first-order valence-electron chi connectivity index (χ1n) is 5.77. The van der Waals surface area contributed by atoms with E-state index in [4.69, 9.17) is 0 Å². The molecular formula is C13H16BrFOS. The van der Waals surface area contributed by atoms with Gasteiger partial charge in [-0.05, 0) is 55.7 Å². The van der Waals surface area contributed by atoms with Gasteiger partial charge in [-0.3, -0.25) is 0 Å². The second kappa shape index (κ2) is 5.29. The van der Waals surface area contributed by atoms with Crippen molar-refractivity contribution < 1.29 is 9.50 Å². The molecule has 0 aromatic heterocycles. The molecule has 17 heavy (non-hydrogen) atoms. The molecule has 1 fully saturated rings. The lowest BCUT2D eigenvalue weighted by Gasteiger charge is -2.29. The normalized spacial score (nSPS) is 26.1. The van der Waals surface area contributed by atoms with Crippen LogP contribution in [0.2, 0.25) is 0 Å². The van der Waals surface area contributed by atoms with Crippen molar-refractivity contribution in [1.29, 1.82) is 0 Å². The summed E-state index contributed by atoms with van der Waals surface area (Å²) in [6.07, 6.45) is 2.30. The van der Waals surface area contributed by atoms with E-state index in [1.165, 1.54) is 12.1 Å². The maximum absolute atomic E-state index is 13.2. The lowest BCUT2D eigenvalue weighted by molar-refractivity contribution is 0.133. The molecule has 0 aliphatic carbocycles. The molecule has 1 heterocycles. The predicted molar refractivity (Wildman–Crippen MR) is 73.9 cm³/mol. The van der Waals surface area contributed by atoms with Crippen LogP contribution in [-0.4, -0.2) is 21.7 Å². The molecule has 1 aliphatic heterocycles. The van der Waals surface area contributed by atoms with Gasteiger partial charge in [-0.25, -0.2) is 4.39 Å². The number of thioether (sulfide) groups is 1. The molecule has 1 aromatic carbocycles. The summed E-state index contributed by atoms with van der Waals surface area (Å²) in [5.41, 5.74) is 0.845. The van der Waals surface area contributed by atoms with E-state index in [2.05, 4.69) is 22.9 Å². The Hall–Kier alpha value is -0.0600. The van der Waals surface area contributed by atoms with Crippen LogP contribution in [0.4, 0.5) is 4.39 Å². The summed E-state index contributed by atoms with van der Waals surface area (Å²) in [7, 11) is 0. The third-order valence-corrected chi connectivity index (χ3v) is 5.39. The molecule has 1 saturated heterocycles. The molecule has 0 bridgehead atoms. The van der Waals surface area contributed by atoms with Gasteiger partial charge in [-0.1, -0.05) is 15.9 Å². The van der Waals surface area contributed by atoms with Crippen LogP contribution in [0.5, 0.6) is 0 Å². The van der Waals surface area contributed by atoms with Gasteiger partial charge >= 0.3 is 0 Å². The zero-order chi connectivity index (χ0) is 12.5. The van der Waals surface area contributed by atoms with E-state index in [9.17, 15) is 9.50 Å². The van der Waals surface area contributed by atoms with Crippen LogP contribution < -0.4 is 0 Å². The average Bonchev–Trinajstić information content (AvgIpc) is 2.64. The fourth-order valence-corrected chi connectivity index (χ4v) is 4.06. The van der Waals surface area contributed by atoms with Gasteiger partial charge in [0.1, 0.15) is 5.82 Å². The lowest BCUT2D eigenvalue weighted by atomic mass is 9.93. The minimum absolute atomic E-state index is 0.0706. The molecule has 1 N–H and O–H groups in total. The van der Waals surface area contributed by atoms with Crippen LogP contribution in [0.15, 0.2) is 22.7 Å². The number of hydrogen-bond donors (Lipinski definition) is 1. The van der Waals surface area contributed by atoms with E-state index in [-0.39, 0.29) is 10.6 Å². The van der Waals surface area contributed by atoms with E-state index in [1.54, 1.807) is 0 Å². The number of halogens is 2. The Morgan fingerprint density at radius 3 is 2.88 bits per heavy atom. The van der Waals surface area contributed by atoms with Gasteiger partial charge in [0.2, 0.25) is 0 Å². The highest BCUT2D eigenvalue weighted by atomic mass is 79.9. The second-order valence-electron chi connectivity index (χ2n) is 4.76. The molecule has 0 saturated carbocycles. The highest BCUT2D eigenvalue weighted by Gasteiger charge is 2.36. The summed E-state index contributed by atoms with van der Waals surface area (Å²) in [4.78, 5) is 0. The lowest BCUT2D eigenvalue weighted by Crippen LogP contribution is -2.35. The zero-order valence-corrected chi connectivity index (χ0v) is 12.2. The molecule has 0 amide bonds. The highest BCUT2D eigenvalue weighted by molar-refractivity contribution is 9.10. The summed E-state index contributed by atoms with van der Waals surface area (Å²) < 4.78 is 13.9. The molecule has 1 nitrogen and oxygen atoms in total. The monoisotopic (exact) mass is 318 g/mol. The van der Waals surface area contributed by atoms with Crippen LogP contribution >= 0.6 is 27.7 Å². The Morgan fingerprint density at radius 2 is 2.29 bits per heavy atom. The number of aliphatic hydroxyl groups is 1. The van der Waals surface area contributed by atoms with Gasteiger partial charge in [0.15, 0.2) is 0 Å². The van der Waals surface area contributed by atoms with Crippen molar-refractivity contribution in [3.63, 3.8) is 0 Å². The highest BCUT2D eigenvalue weighted by Crippen LogP contribution is 2.41. The predicted octanol–water partition coefficient (Wildman–Crippen LogP) is 3.78. The van der Waals surface area contributed by atoms with Gasteiger partial charge < -0.3 is 5.11 Å². The first kappa shape index (κ1) is 13.4. The standard InChI is InChI=1S/C13H16BrFOS/c1-13(3-2-4-17-13)12(16)7-9-5-10(14)8-11(15)6-9/h5-6,8,12,16H,2-4,7H2,1H3. The Labute approximate surface area is 114 Å². The topological polar surface area (TPSA) is 20.2 Å². The van der Waals surface area contributed by atoms with Gasteiger partial charge in [-0.2, -0.15) is 11.8 Å². The van der Waals surface area contributed by atoms with Gasteiger partial charge in [0.05, 0.1) is 6.10 Å². The SMILES string of the molecule is CC1(C(O)Cc2cc(F)cc(Br)c2)CCCS1. The van der Waals surface area contributed by atoms with Crippen LogP contribution in [0.3, 0.4) is 0 Å². The number of rotatable bonds is 3. The summed E-state index contributed by atoms with van der Waals surface area (Å²) >= 11 is 5.10. The van der Waals surface area contributed by atoms with E-state index < -0.39 is 6.10 Å². The van der Waals surface area contributed by atoms with E-state index in [1.807, 2.05) is 17.8 Å². The van der Waals surface area contributed by atoms with Crippen LogP contribution in [0.1, 0.15) is 25.3 Å². The molecule has 94 valence electrons. The van der Waals surface area contributed by atoms with Crippen molar-refractivity contribution in [2.45, 2.75) is 37.0 Å². The minimum atomic E-state index is -0.413. The fourth-order valence-electron chi connectivity index (χ4n) is 2.23. The first-order chi connectivity index (χ1) is 7.99. The molecular weight excluding hydrogens is 303 g/mol. The summed E-state index contributed by atoms with van der Waals surface area (Å²) in [6.45, 7) is 2.10. The van der Waals surface area contributed by atoms with Crippen molar-refractivity contribution in [2.75, 3.05) is 5.75 Å². The van der Waals surface area contributed by atoms with Crippen molar-refractivity contribution >= 4 is 27.7 Å². The largest absolute Gasteiger partial charge is 0.391 e. The van der Waals surface area contributed by atoms with Gasteiger partial charge in [0.25, 0.3) is 0 Å². The average molecular weight is 319 g/mol. The van der Waals surface area contributed by atoms with Gasteiger partial charge in [0, 0.05) is 9.22 Å².